The monoisotopic (exact) mass is 478 g/mol. The van der Waals surface area contributed by atoms with Crippen molar-refractivity contribution >= 4 is 50.4 Å². The second kappa shape index (κ2) is 9.87. The molecule has 0 saturated heterocycles. The summed E-state index contributed by atoms with van der Waals surface area (Å²) in [5.41, 5.74) is 1.91. The van der Waals surface area contributed by atoms with Gasteiger partial charge in [0.15, 0.2) is 15.8 Å². The first-order valence-electron chi connectivity index (χ1n) is 8.87. The van der Waals surface area contributed by atoms with E-state index in [1.54, 1.807) is 42.2 Å². The molecule has 0 radical (unpaired) electrons. The average Bonchev–Trinajstić information content (AvgIpc) is 3.13. The lowest BCUT2D eigenvalue weighted by molar-refractivity contribution is 0.0955. The van der Waals surface area contributed by atoms with Gasteiger partial charge in [-0.15, -0.1) is 11.3 Å². The zero-order chi connectivity index (χ0) is 22.5. The second-order valence-electron chi connectivity index (χ2n) is 6.38. The number of hydrogen-bond donors (Lipinski definition) is 2. The molecule has 0 bridgehead atoms. The first-order valence-corrected chi connectivity index (χ1v) is 11.4. The summed E-state index contributed by atoms with van der Waals surface area (Å²) in [7, 11) is -2.76. The number of carbonyl (C=O) groups is 1. The van der Waals surface area contributed by atoms with E-state index < -0.39 is 28.3 Å². The van der Waals surface area contributed by atoms with Gasteiger partial charge in [-0.3, -0.25) is 4.79 Å². The summed E-state index contributed by atoms with van der Waals surface area (Å²) in [6.45, 7) is 1.93. The van der Waals surface area contributed by atoms with Crippen LogP contribution in [-0.4, -0.2) is 25.2 Å². The summed E-state index contributed by atoms with van der Waals surface area (Å²) >= 11 is 7.44. The van der Waals surface area contributed by atoms with Gasteiger partial charge in [0, 0.05) is 15.6 Å². The Kier molecular flexibility index (Phi) is 7.22. The lowest BCUT2D eigenvalue weighted by Crippen LogP contribution is -2.26. The molecular weight excluding hydrogens is 463 g/mol. The Labute approximate surface area is 188 Å². The summed E-state index contributed by atoms with van der Waals surface area (Å²) < 4.78 is 35.0. The number of anilines is 2. The summed E-state index contributed by atoms with van der Waals surface area (Å²) in [5, 5.41) is 12.1. The molecule has 0 aliphatic carbocycles. The van der Waals surface area contributed by atoms with Crippen LogP contribution in [0.5, 0.6) is 0 Å². The van der Waals surface area contributed by atoms with Crippen molar-refractivity contribution in [2.45, 2.75) is 13.5 Å². The molecule has 1 amide bonds. The van der Waals surface area contributed by atoms with Crippen molar-refractivity contribution in [1.82, 2.24) is 10.3 Å². The smallest absolute Gasteiger partial charge is 0.271 e. The first-order chi connectivity index (χ1) is 14.8. The van der Waals surface area contributed by atoms with Gasteiger partial charge in [0.05, 0.1) is 18.2 Å². The lowest BCUT2D eigenvalue weighted by atomic mass is 10.1. The van der Waals surface area contributed by atoms with Gasteiger partial charge in [-0.25, -0.2) is 17.8 Å². The number of nitrogens with one attached hydrogen (secondary N) is 1. The topological polar surface area (TPSA) is 103 Å². The molecule has 0 aliphatic heterocycles. The van der Waals surface area contributed by atoms with E-state index in [0.717, 1.165) is 0 Å². The molecule has 1 aromatic heterocycles. The Hall–Kier alpha value is -3.00. The summed E-state index contributed by atoms with van der Waals surface area (Å²) in [6, 6.07) is 12.9. The van der Waals surface area contributed by atoms with Gasteiger partial charge in [-0.2, -0.15) is 5.26 Å². The van der Waals surface area contributed by atoms with Crippen LogP contribution in [0.2, 0.25) is 5.02 Å². The van der Waals surface area contributed by atoms with E-state index in [-0.39, 0.29) is 17.3 Å². The summed E-state index contributed by atoms with van der Waals surface area (Å²) in [4.78, 5) is 19.1. The molecule has 7 nitrogen and oxygen atoms in total. The normalized spacial score (nSPS) is 10.7. The maximum Gasteiger partial charge on any atom is 0.271 e. The first kappa shape index (κ1) is 22.7. The Bertz CT molecular complexity index is 1230. The highest BCUT2D eigenvalue weighted by Crippen LogP contribution is 2.34. The number of carbonyl (C=O) groups excluding carboxylic acids is 1. The molecule has 0 unspecified atom stereocenters. The molecular formula is C20H16ClFN4O3S2. The molecule has 0 atom stereocenters. The Morgan fingerprint density at radius 2 is 2.00 bits per heavy atom. The number of aryl methyl sites for hydroxylation is 1. The number of amides is 1. The van der Waals surface area contributed by atoms with Crippen molar-refractivity contribution < 1.29 is 17.6 Å². The highest BCUT2D eigenvalue weighted by atomic mass is 35.5. The summed E-state index contributed by atoms with van der Waals surface area (Å²) in [6.07, 6.45) is 0. The minimum atomic E-state index is -2.76. The van der Waals surface area contributed by atoms with Crippen molar-refractivity contribution in [3.63, 3.8) is 0 Å². The third kappa shape index (κ3) is 5.58. The summed E-state index contributed by atoms with van der Waals surface area (Å²) in [5.74, 6) is -1.54. The van der Waals surface area contributed by atoms with E-state index in [9.17, 15) is 17.6 Å². The molecule has 31 heavy (non-hydrogen) atoms. The number of aromatic nitrogens is 1. The Morgan fingerprint density at radius 1 is 1.29 bits per heavy atom. The predicted molar refractivity (Wildman–Crippen MR) is 118 cm³/mol. The third-order valence-electron chi connectivity index (χ3n) is 4.25. The predicted octanol–water partition coefficient (Wildman–Crippen LogP) is 3.75. The van der Waals surface area contributed by atoms with Gasteiger partial charge in [-0.05, 0) is 48.9 Å². The zero-order valence-corrected chi connectivity index (χ0v) is 18.6. The van der Waals surface area contributed by atoms with Crippen LogP contribution in [0.25, 0.3) is 0 Å². The van der Waals surface area contributed by atoms with Crippen molar-refractivity contribution in [2.75, 3.05) is 10.8 Å². The lowest BCUT2D eigenvalue weighted by Gasteiger charge is -2.23. The number of halogens is 2. The fourth-order valence-corrected chi connectivity index (χ4v) is 4.16. The van der Waals surface area contributed by atoms with Crippen LogP contribution in [0.15, 0.2) is 42.5 Å². The van der Waals surface area contributed by atoms with E-state index in [0.29, 0.717) is 26.8 Å². The fourth-order valence-electron chi connectivity index (χ4n) is 2.73. The molecule has 0 aliphatic rings. The van der Waals surface area contributed by atoms with Crippen LogP contribution in [0, 0.1) is 24.1 Å². The minimum absolute atomic E-state index is 0.112. The molecule has 0 fully saturated rings. The van der Waals surface area contributed by atoms with E-state index in [1.807, 2.05) is 0 Å². The molecule has 3 rings (SSSR count). The maximum atomic E-state index is 13.5. The van der Waals surface area contributed by atoms with Crippen LogP contribution in [-0.2, 0) is 17.2 Å². The van der Waals surface area contributed by atoms with Gasteiger partial charge in [0.25, 0.3) is 5.91 Å². The largest absolute Gasteiger partial charge is 0.337 e. The number of rotatable bonds is 7. The van der Waals surface area contributed by atoms with Crippen molar-refractivity contribution in [3.05, 3.63) is 75.0 Å². The molecule has 0 saturated carbocycles. The van der Waals surface area contributed by atoms with E-state index >= 15 is 0 Å². The van der Waals surface area contributed by atoms with Gasteiger partial charge in [0.1, 0.15) is 17.4 Å². The standard InChI is InChI=1S/C20H16ClFN4O3S2/c1-12-18(19(27)24-11-31(28)29)25-20(30-12)26(16-6-2-13(9-23)3-7-16)10-14-4-5-15(22)8-17(14)21/h2-8,31H,10-11H2,1H3,(H,24,27). The van der Waals surface area contributed by atoms with E-state index in [4.69, 9.17) is 16.9 Å². The maximum absolute atomic E-state index is 13.5. The van der Waals surface area contributed by atoms with Crippen molar-refractivity contribution in [2.24, 2.45) is 0 Å². The average molecular weight is 479 g/mol. The van der Waals surface area contributed by atoms with Crippen LogP contribution in [0.3, 0.4) is 0 Å². The van der Waals surface area contributed by atoms with Crippen molar-refractivity contribution in [3.8, 4) is 6.07 Å². The van der Waals surface area contributed by atoms with Crippen LogP contribution in [0.4, 0.5) is 15.2 Å². The quantitative estimate of drug-likeness (QED) is 0.501. The SMILES string of the molecule is Cc1sc(N(Cc2ccc(F)cc2Cl)c2ccc(C#N)cc2)nc1C(=O)NC[SH](=O)=O. The molecule has 1 heterocycles. The number of benzene rings is 2. The van der Waals surface area contributed by atoms with Gasteiger partial charge >= 0.3 is 0 Å². The van der Waals surface area contributed by atoms with E-state index in [2.05, 4.69) is 16.4 Å². The van der Waals surface area contributed by atoms with E-state index in [1.165, 1.54) is 23.5 Å². The zero-order valence-electron chi connectivity index (χ0n) is 16.1. The second-order valence-corrected chi connectivity index (χ2v) is 8.95. The fraction of sp³-hybridized carbons (Fsp3) is 0.150. The van der Waals surface area contributed by atoms with Crippen LogP contribution >= 0.6 is 22.9 Å². The molecule has 0 spiro atoms. The third-order valence-corrected chi connectivity index (χ3v) is 6.01. The molecule has 1 N–H and O–H groups in total. The number of nitrogens with zero attached hydrogens (tertiary/aromatic N) is 3. The minimum Gasteiger partial charge on any atom is -0.337 e. The molecule has 3 aromatic rings. The van der Waals surface area contributed by atoms with Crippen LogP contribution < -0.4 is 10.2 Å². The molecule has 11 heteroatoms. The molecule has 160 valence electrons. The van der Waals surface area contributed by atoms with Gasteiger partial charge < -0.3 is 10.2 Å². The molecule has 2 aromatic carbocycles. The highest BCUT2D eigenvalue weighted by Gasteiger charge is 2.21. The van der Waals surface area contributed by atoms with Crippen molar-refractivity contribution in [1.29, 1.82) is 5.26 Å². The van der Waals surface area contributed by atoms with Crippen LogP contribution in [0.1, 0.15) is 26.5 Å². The number of thiazole rings is 1. The number of thiol groups is 1. The Balaban J connectivity index is 2.00. The number of hydrogen-bond acceptors (Lipinski definition) is 7. The number of nitriles is 1. The highest BCUT2D eigenvalue weighted by molar-refractivity contribution is 7.72. The Morgan fingerprint density at radius 3 is 2.61 bits per heavy atom. The van der Waals surface area contributed by atoms with Gasteiger partial charge in [0.2, 0.25) is 0 Å². The van der Waals surface area contributed by atoms with Gasteiger partial charge in [-0.1, -0.05) is 17.7 Å².